The molecule has 6 heteroatoms. The maximum absolute atomic E-state index is 12.8. The van der Waals surface area contributed by atoms with E-state index in [1.807, 2.05) is 0 Å². The third kappa shape index (κ3) is 67.3. The molecule has 6 nitrogen and oxygen atoms in total. The van der Waals surface area contributed by atoms with Crippen molar-refractivity contribution in [3.05, 3.63) is 85.1 Å². The number of carbonyl (C=O) groups excluding carboxylic acids is 3. The zero-order chi connectivity index (χ0) is 58.5. The molecule has 0 aromatic rings. The van der Waals surface area contributed by atoms with Crippen LogP contribution in [0.25, 0.3) is 0 Å². The zero-order valence-electron chi connectivity index (χ0n) is 53.8. The maximum Gasteiger partial charge on any atom is 0.306 e. The first-order valence-corrected chi connectivity index (χ1v) is 35.1. The minimum Gasteiger partial charge on any atom is -0.462 e. The molecular formula is C75H132O6. The summed E-state index contributed by atoms with van der Waals surface area (Å²) in [7, 11) is 0. The first-order valence-electron chi connectivity index (χ1n) is 35.1. The minimum absolute atomic E-state index is 0.0877. The SMILES string of the molecule is CC/C=C\C/C=C\C/C=C\C/C=C\C/C=C\C/C=C\C/C=C\CCCCCC(=O)OC(COC(=O)CCCCCCC)COC(=O)CCCCCCCCCCCCCCCCCCCCCCCCCCCCCCCCCCC. The van der Waals surface area contributed by atoms with Crippen LogP contribution in [0.1, 0.15) is 355 Å². The molecule has 0 bridgehead atoms. The number of rotatable bonds is 64. The quantitative estimate of drug-likeness (QED) is 0.0261. The molecule has 1 atom stereocenters. The van der Waals surface area contributed by atoms with Crippen LogP contribution in [0.15, 0.2) is 85.1 Å². The molecule has 0 aliphatic heterocycles. The van der Waals surface area contributed by atoms with Crippen molar-refractivity contribution in [3.63, 3.8) is 0 Å². The number of ether oxygens (including phenoxy) is 3. The second kappa shape index (κ2) is 69.1. The summed E-state index contributed by atoms with van der Waals surface area (Å²) in [6.45, 7) is 6.45. The van der Waals surface area contributed by atoms with Gasteiger partial charge in [-0.15, -0.1) is 0 Å². The van der Waals surface area contributed by atoms with Crippen LogP contribution in [0.2, 0.25) is 0 Å². The summed E-state index contributed by atoms with van der Waals surface area (Å²) in [5, 5.41) is 0. The third-order valence-electron chi connectivity index (χ3n) is 15.4. The van der Waals surface area contributed by atoms with Gasteiger partial charge in [-0.2, -0.15) is 0 Å². The summed E-state index contributed by atoms with van der Waals surface area (Å²) >= 11 is 0. The highest BCUT2D eigenvalue weighted by molar-refractivity contribution is 5.71. The minimum atomic E-state index is -0.791. The molecule has 0 aromatic heterocycles. The second-order valence-corrected chi connectivity index (χ2v) is 23.4. The standard InChI is InChI=1S/C75H132O6/c1-4-7-10-13-15-17-19-21-23-25-27-29-31-33-34-35-36-37-38-39-40-42-43-45-47-49-51-53-55-57-59-62-65-68-74(77)80-71-72(70-79-73(76)67-64-61-12-9-6-3)81-75(78)69-66-63-60-58-56-54-52-50-48-46-44-41-32-30-28-26-24-22-20-18-16-14-11-8-5-2/h8,11,16,18,22,24,28,30,41,44,48,50,54,56,72H,4-7,9-10,12-15,17,19-21,23,25-27,29,31-40,42-43,45-47,49,51-53,55,57-71H2,1-3H3/b11-8-,18-16-,24-22-,30-28-,44-41-,50-48-,56-54-. The van der Waals surface area contributed by atoms with Crippen LogP contribution in [-0.2, 0) is 28.6 Å². The lowest BCUT2D eigenvalue weighted by Gasteiger charge is -2.18. The lowest BCUT2D eigenvalue weighted by Crippen LogP contribution is -2.30. The molecule has 0 aliphatic carbocycles. The zero-order valence-corrected chi connectivity index (χ0v) is 53.8. The van der Waals surface area contributed by atoms with Gasteiger partial charge in [0.05, 0.1) is 0 Å². The number of hydrogen-bond donors (Lipinski definition) is 0. The van der Waals surface area contributed by atoms with Crippen LogP contribution in [0.4, 0.5) is 0 Å². The van der Waals surface area contributed by atoms with Crippen LogP contribution >= 0.6 is 0 Å². The topological polar surface area (TPSA) is 78.9 Å². The van der Waals surface area contributed by atoms with Crippen molar-refractivity contribution < 1.29 is 28.6 Å². The molecule has 0 rings (SSSR count). The van der Waals surface area contributed by atoms with Gasteiger partial charge in [0.25, 0.3) is 0 Å². The summed E-state index contributed by atoms with van der Waals surface area (Å²) < 4.78 is 16.8. The summed E-state index contributed by atoms with van der Waals surface area (Å²) in [5.41, 5.74) is 0. The van der Waals surface area contributed by atoms with E-state index in [1.54, 1.807) is 0 Å². The van der Waals surface area contributed by atoms with Crippen LogP contribution in [0.5, 0.6) is 0 Å². The largest absolute Gasteiger partial charge is 0.462 e. The predicted molar refractivity (Wildman–Crippen MR) is 353 cm³/mol. The van der Waals surface area contributed by atoms with Gasteiger partial charge in [-0.1, -0.05) is 343 Å². The van der Waals surface area contributed by atoms with Crippen LogP contribution in [0.3, 0.4) is 0 Å². The van der Waals surface area contributed by atoms with Crippen molar-refractivity contribution >= 4 is 17.9 Å². The third-order valence-corrected chi connectivity index (χ3v) is 15.4. The normalized spacial score (nSPS) is 12.6. The van der Waals surface area contributed by atoms with E-state index >= 15 is 0 Å². The fraction of sp³-hybridized carbons (Fsp3) is 0.773. The van der Waals surface area contributed by atoms with Gasteiger partial charge in [-0.25, -0.2) is 0 Å². The lowest BCUT2D eigenvalue weighted by molar-refractivity contribution is -0.167. The first-order chi connectivity index (χ1) is 40.0. The Morgan fingerprint density at radius 1 is 0.259 bits per heavy atom. The molecular weight excluding hydrogens is 997 g/mol. The Hall–Kier alpha value is -3.41. The highest BCUT2D eigenvalue weighted by Gasteiger charge is 2.19. The van der Waals surface area contributed by atoms with Crippen molar-refractivity contribution in [1.82, 2.24) is 0 Å². The van der Waals surface area contributed by atoms with Crippen LogP contribution in [-0.4, -0.2) is 37.2 Å². The van der Waals surface area contributed by atoms with Crippen molar-refractivity contribution in [2.45, 2.75) is 361 Å². The summed E-state index contributed by atoms with van der Waals surface area (Å²) in [6.07, 6.45) is 92.6. The number of allylic oxidation sites excluding steroid dienone is 14. The summed E-state index contributed by atoms with van der Waals surface area (Å²) in [5.74, 6) is -0.923. The van der Waals surface area contributed by atoms with Gasteiger partial charge in [0, 0.05) is 19.3 Å². The molecule has 0 spiro atoms. The van der Waals surface area contributed by atoms with Gasteiger partial charge in [0.15, 0.2) is 6.10 Å². The van der Waals surface area contributed by atoms with Crippen molar-refractivity contribution in [2.24, 2.45) is 0 Å². The Bertz CT molecular complexity index is 1530. The molecule has 1 unspecified atom stereocenters. The molecule has 0 radical (unpaired) electrons. The van der Waals surface area contributed by atoms with Crippen molar-refractivity contribution in [1.29, 1.82) is 0 Å². The highest BCUT2D eigenvalue weighted by atomic mass is 16.6. The smallest absolute Gasteiger partial charge is 0.306 e. The molecule has 468 valence electrons. The average Bonchev–Trinajstić information content (AvgIpc) is 3.47. The molecule has 0 aromatic carbocycles. The Morgan fingerprint density at radius 2 is 0.481 bits per heavy atom. The van der Waals surface area contributed by atoms with Gasteiger partial charge < -0.3 is 14.2 Å². The molecule has 0 fully saturated rings. The maximum atomic E-state index is 12.8. The van der Waals surface area contributed by atoms with E-state index in [-0.39, 0.29) is 37.5 Å². The van der Waals surface area contributed by atoms with Gasteiger partial charge in [0.1, 0.15) is 13.2 Å². The van der Waals surface area contributed by atoms with E-state index in [1.165, 1.54) is 199 Å². The Kier molecular flexibility index (Phi) is 66.2. The molecule has 81 heavy (non-hydrogen) atoms. The average molecular weight is 1130 g/mol. The van der Waals surface area contributed by atoms with E-state index in [4.69, 9.17) is 14.2 Å². The fourth-order valence-corrected chi connectivity index (χ4v) is 10.2. The monoisotopic (exact) mass is 1130 g/mol. The van der Waals surface area contributed by atoms with E-state index < -0.39 is 6.10 Å². The van der Waals surface area contributed by atoms with E-state index in [9.17, 15) is 14.4 Å². The van der Waals surface area contributed by atoms with Gasteiger partial charge >= 0.3 is 17.9 Å². The number of unbranched alkanes of at least 4 members (excludes halogenated alkanes) is 39. The molecule has 0 amide bonds. The van der Waals surface area contributed by atoms with Crippen molar-refractivity contribution in [3.8, 4) is 0 Å². The van der Waals surface area contributed by atoms with Gasteiger partial charge in [0.2, 0.25) is 0 Å². The van der Waals surface area contributed by atoms with Crippen molar-refractivity contribution in [2.75, 3.05) is 13.2 Å². The summed E-state index contributed by atoms with van der Waals surface area (Å²) in [6, 6.07) is 0. The van der Waals surface area contributed by atoms with Crippen LogP contribution in [0, 0.1) is 0 Å². The molecule has 0 saturated carbocycles. The Balaban J connectivity index is 3.98. The van der Waals surface area contributed by atoms with E-state index in [0.29, 0.717) is 12.8 Å². The molecule has 0 heterocycles. The lowest BCUT2D eigenvalue weighted by atomic mass is 10.0. The van der Waals surface area contributed by atoms with Gasteiger partial charge in [-0.05, 0) is 77.0 Å². The van der Waals surface area contributed by atoms with Gasteiger partial charge in [-0.3, -0.25) is 14.4 Å². The highest BCUT2D eigenvalue weighted by Crippen LogP contribution is 2.18. The number of esters is 3. The number of carbonyl (C=O) groups is 3. The number of hydrogen-bond acceptors (Lipinski definition) is 6. The molecule has 0 saturated heterocycles. The second-order valence-electron chi connectivity index (χ2n) is 23.4. The molecule has 0 aliphatic rings. The Morgan fingerprint density at radius 3 is 0.753 bits per heavy atom. The van der Waals surface area contributed by atoms with E-state index in [0.717, 1.165) is 116 Å². The first kappa shape index (κ1) is 77.6. The Labute approximate surface area is 503 Å². The predicted octanol–water partition coefficient (Wildman–Crippen LogP) is 24.2. The summed E-state index contributed by atoms with van der Waals surface area (Å²) in [4.78, 5) is 38.0. The van der Waals surface area contributed by atoms with E-state index in [2.05, 4.69) is 106 Å². The van der Waals surface area contributed by atoms with Crippen LogP contribution < -0.4 is 0 Å². The molecule has 0 N–H and O–H groups in total. The fourth-order valence-electron chi connectivity index (χ4n) is 10.2.